The fourth-order valence-electron chi connectivity index (χ4n) is 2.06. The van der Waals surface area contributed by atoms with Gasteiger partial charge in [0.1, 0.15) is 5.60 Å². The zero-order valence-corrected chi connectivity index (χ0v) is 13.4. The number of alkyl halides is 3. The molecular weight excluding hydrogens is 285 g/mol. The third-order valence-corrected chi connectivity index (χ3v) is 3.41. The second-order valence-corrected chi connectivity index (χ2v) is 7.13. The van der Waals surface area contributed by atoms with Crippen molar-refractivity contribution in [3.8, 4) is 0 Å². The van der Waals surface area contributed by atoms with E-state index in [2.05, 4.69) is 0 Å². The largest absolute Gasteiger partial charge is 0.444 e. The van der Waals surface area contributed by atoms with Crippen molar-refractivity contribution in [2.45, 2.75) is 46.4 Å². The highest BCUT2D eigenvalue weighted by Gasteiger charge is 2.48. The van der Waals surface area contributed by atoms with Crippen molar-refractivity contribution >= 4 is 6.09 Å². The Hall–Kier alpha value is -0.980. The molecule has 0 radical (unpaired) electrons. The van der Waals surface area contributed by atoms with Crippen LogP contribution in [0.1, 0.15) is 34.6 Å². The number of amides is 1. The minimum Gasteiger partial charge on any atom is -0.444 e. The van der Waals surface area contributed by atoms with Gasteiger partial charge >= 0.3 is 12.3 Å². The Morgan fingerprint density at radius 3 is 1.86 bits per heavy atom. The number of piperazine rings is 1. The predicted molar refractivity (Wildman–Crippen MR) is 74.1 cm³/mol. The molecule has 1 aliphatic heterocycles. The van der Waals surface area contributed by atoms with E-state index >= 15 is 0 Å². The van der Waals surface area contributed by atoms with Crippen LogP contribution in [0.5, 0.6) is 0 Å². The SMILES string of the molecule is CC(C)(C)OC(=O)N1CCN(CC(C)(C)C(F)(F)F)CC1. The van der Waals surface area contributed by atoms with E-state index in [0.717, 1.165) is 0 Å². The second-order valence-electron chi connectivity index (χ2n) is 7.13. The minimum absolute atomic E-state index is 0.0569. The summed E-state index contributed by atoms with van der Waals surface area (Å²) in [6, 6.07) is 0. The summed E-state index contributed by atoms with van der Waals surface area (Å²) in [4.78, 5) is 15.2. The van der Waals surface area contributed by atoms with Crippen LogP contribution in [-0.2, 0) is 4.74 Å². The van der Waals surface area contributed by atoms with Crippen LogP contribution in [-0.4, -0.2) is 60.4 Å². The van der Waals surface area contributed by atoms with Crippen LogP contribution in [0.3, 0.4) is 0 Å². The van der Waals surface area contributed by atoms with E-state index in [1.807, 2.05) is 0 Å². The molecule has 0 aromatic carbocycles. The topological polar surface area (TPSA) is 32.8 Å². The number of hydrogen-bond donors (Lipinski definition) is 0. The molecular formula is C14H25F3N2O2. The Morgan fingerprint density at radius 1 is 1.00 bits per heavy atom. The van der Waals surface area contributed by atoms with Crippen LogP contribution < -0.4 is 0 Å². The summed E-state index contributed by atoms with van der Waals surface area (Å²) in [5, 5.41) is 0. The number of carbonyl (C=O) groups excluding carboxylic acids is 1. The quantitative estimate of drug-likeness (QED) is 0.785. The molecule has 0 aromatic rings. The highest BCUT2D eigenvalue weighted by Crippen LogP contribution is 2.38. The van der Waals surface area contributed by atoms with Crippen molar-refractivity contribution in [1.82, 2.24) is 9.80 Å². The first-order valence-electron chi connectivity index (χ1n) is 7.09. The molecule has 0 bridgehead atoms. The second kappa shape index (κ2) is 6.02. The van der Waals surface area contributed by atoms with Gasteiger partial charge in [-0.3, -0.25) is 4.90 Å². The van der Waals surface area contributed by atoms with Crippen molar-refractivity contribution in [3.05, 3.63) is 0 Å². The van der Waals surface area contributed by atoms with Crippen LogP contribution in [0, 0.1) is 5.41 Å². The summed E-state index contributed by atoms with van der Waals surface area (Å²) < 4.78 is 43.9. The molecule has 21 heavy (non-hydrogen) atoms. The molecule has 0 atom stereocenters. The standard InChI is InChI=1S/C14H25F3N2O2/c1-12(2,3)21-11(20)19-8-6-18(7-9-19)10-13(4,5)14(15,16)17/h6-10H2,1-5H3. The lowest BCUT2D eigenvalue weighted by Gasteiger charge is -2.39. The molecule has 1 rings (SSSR count). The van der Waals surface area contributed by atoms with Gasteiger partial charge in [-0.25, -0.2) is 4.79 Å². The summed E-state index contributed by atoms with van der Waals surface area (Å²) in [5.41, 5.74) is -2.31. The summed E-state index contributed by atoms with van der Waals surface area (Å²) in [6.07, 6.45) is -4.63. The molecule has 0 aromatic heterocycles. The number of ether oxygens (including phenoxy) is 1. The van der Waals surface area contributed by atoms with Gasteiger partial charge in [0.2, 0.25) is 0 Å². The van der Waals surface area contributed by atoms with Gasteiger partial charge < -0.3 is 9.64 Å². The smallest absolute Gasteiger partial charge is 0.410 e. The van der Waals surface area contributed by atoms with Crippen LogP contribution in [0.15, 0.2) is 0 Å². The Morgan fingerprint density at radius 2 is 1.48 bits per heavy atom. The molecule has 0 saturated carbocycles. The molecule has 0 aliphatic carbocycles. The minimum atomic E-state index is -4.23. The van der Waals surface area contributed by atoms with E-state index in [4.69, 9.17) is 4.74 Å². The fourth-order valence-corrected chi connectivity index (χ4v) is 2.06. The van der Waals surface area contributed by atoms with E-state index in [9.17, 15) is 18.0 Å². The average molecular weight is 310 g/mol. The van der Waals surface area contributed by atoms with Gasteiger partial charge in [0.25, 0.3) is 0 Å². The van der Waals surface area contributed by atoms with Crippen molar-refractivity contribution in [1.29, 1.82) is 0 Å². The normalized spacial score (nSPS) is 18.8. The Balaban J connectivity index is 2.48. The molecule has 1 amide bonds. The first-order valence-corrected chi connectivity index (χ1v) is 7.09. The van der Waals surface area contributed by atoms with Crippen LogP contribution in [0.2, 0.25) is 0 Å². The highest BCUT2D eigenvalue weighted by molar-refractivity contribution is 5.68. The molecule has 0 unspecified atom stereocenters. The summed E-state index contributed by atoms with van der Waals surface area (Å²) in [5.74, 6) is 0. The predicted octanol–water partition coefficient (Wildman–Crippen LogP) is 3.13. The molecule has 0 N–H and O–H groups in total. The zero-order valence-electron chi connectivity index (χ0n) is 13.4. The lowest BCUT2D eigenvalue weighted by Crippen LogP contribution is -2.53. The van der Waals surface area contributed by atoms with Crippen molar-refractivity contribution in [2.24, 2.45) is 5.41 Å². The first-order chi connectivity index (χ1) is 9.32. The zero-order chi connectivity index (χ0) is 16.5. The van der Waals surface area contributed by atoms with Crippen LogP contribution in [0.25, 0.3) is 0 Å². The monoisotopic (exact) mass is 310 g/mol. The summed E-state index contributed by atoms with van der Waals surface area (Å²) in [7, 11) is 0. The van der Waals surface area contributed by atoms with E-state index in [0.29, 0.717) is 26.2 Å². The summed E-state index contributed by atoms with van der Waals surface area (Å²) >= 11 is 0. The van der Waals surface area contributed by atoms with Gasteiger partial charge in [0, 0.05) is 32.7 Å². The molecule has 1 heterocycles. The molecule has 4 nitrogen and oxygen atoms in total. The van der Waals surface area contributed by atoms with Crippen molar-refractivity contribution in [2.75, 3.05) is 32.7 Å². The maximum atomic E-state index is 12.9. The molecule has 7 heteroatoms. The van der Waals surface area contributed by atoms with E-state index in [-0.39, 0.29) is 6.54 Å². The van der Waals surface area contributed by atoms with E-state index in [1.165, 1.54) is 13.8 Å². The third-order valence-electron chi connectivity index (χ3n) is 3.41. The van der Waals surface area contributed by atoms with Gasteiger partial charge in [-0.15, -0.1) is 0 Å². The van der Waals surface area contributed by atoms with E-state index < -0.39 is 23.3 Å². The van der Waals surface area contributed by atoms with Gasteiger partial charge in [-0.2, -0.15) is 13.2 Å². The van der Waals surface area contributed by atoms with E-state index in [1.54, 1.807) is 30.6 Å². The molecule has 1 saturated heterocycles. The number of rotatable bonds is 2. The third kappa shape index (κ3) is 5.37. The van der Waals surface area contributed by atoms with Gasteiger partial charge in [-0.05, 0) is 34.6 Å². The summed E-state index contributed by atoms with van der Waals surface area (Å²) in [6.45, 7) is 9.34. The lowest BCUT2D eigenvalue weighted by molar-refractivity contribution is -0.217. The maximum absolute atomic E-state index is 12.9. The number of hydrogen-bond acceptors (Lipinski definition) is 3. The average Bonchev–Trinajstić information content (AvgIpc) is 2.25. The molecule has 1 aliphatic rings. The number of nitrogens with zero attached hydrogens (tertiary/aromatic N) is 2. The fraction of sp³-hybridized carbons (Fsp3) is 0.929. The van der Waals surface area contributed by atoms with Crippen molar-refractivity contribution < 1.29 is 22.7 Å². The Bertz CT molecular complexity index is 367. The van der Waals surface area contributed by atoms with Gasteiger partial charge in [0.15, 0.2) is 0 Å². The first kappa shape index (κ1) is 18.1. The molecule has 0 spiro atoms. The number of halogens is 3. The maximum Gasteiger partial charge on any atom is 0.410 e. The van der Waals surface area contributed by atoms with Crippen LogP contribution >= 0.6 is 0 Å². The highest BCUT2D eigenvalue weighted by atomic mass is 19.4. The van der Waals surface area contributed by atoms with Crippen molar-refractivity contribution in [3.63, 3.8) is 0 Å². The Labute approximate surface area is 124 Å². The Kier molecular flexibility index (Phi) is 5.18. The van der Waals surface area contributed by atoms with Crippen LogP contribution in [0.4, 0.5) is 18.0 Å². The van der Waals surface area contributed by atoms with Gasteiger partial charge in [0.05, 0.1) is 5.41 Å². The number of carbonyl (C=O) groups is 1. The molecule has 124 valence electrons. The molecule has 1 fully saturated rings. The van der Waals surface area contributed by atoms with Gasteiger partial charge in [-0.1, -0.05) is 0 Å². The lowest BCUT2D eigenvalue weighted by atomic mass is 9.91.